The van der Waals surface area contributed by atoms with E-state index in [1.807, 2.05) is 6.92 Å². The molecule has 1 aliphatic carbocycles. The zero-order valence-corrected chi connectivity index (χ0v) is 14.6. The molecule has 0 bridgehead atoms. The Balaban J connectivity index is 1.36. The average molecular weight is 345 g/mol. The van der Waals surface area contributed by atoms with Crippen LogP contribution in [0.4, 0.5) is 0 Å². The van der Waals surface area contributed by atoms with Crippen LogP contribution in [0.2, 0.25) is 0 Å². The first-order valence-electron chi connectivity index (χ1n) is 8.90. The molecule has 1 fully saturated rings. The lowest BCUT2D eigenvalue weighted by atomic mass is 10.0. The molecule has 1 N–H and O–H groups in total. The fourth-order valence-electron chi connectivity index (χ4n) is 3.78. The Bertz CT molecular complexity index is 781. The summed E-state index contributed by atoms with van der Waals surface area (Å²) in [5, 5.41) is 15.5. The van der Waals surface area contributed by atoms with Gasteiger partial charge in [-0.15, -0.1) is 10.2 Å². The second-order valence-corrected chi connectivity index (χ2v) is 6.97. The molecule has 2 aliphatic rings. The SMILES string of the molecule is Cc1nnc(C[C@@H]2CC[C@H](NC(=O)c3nn4c(c3C)OCCC4)C2)o1. The highest BCUT2D eigenvalue weighted by atomic mass is 16.5. The van der Waals surface area contributed by atoms with Crippen molar-refractivity contribution in [2.75, 3.05) is 6.61 Å². The van der Waals surface area contributed by atoms with Crippen LogP contribution in [-0.4, -0.2) is 38.5 Å². The summed E-state index contributed by atoms with van der Waals surface area (Å²) in [6.45, 7) is 5.19. The third-order valence-corrected chi connectivity index (χ3v) is 5.01. The van der Waals surface area contributed by atoms with Crippen LogP contribution in [0, 0.1) is 19.8 Å². The van der Waals surface area contributed by atoms with Gasteiger partial charge in [-0.1, -0.05) is 0 Å². The number of rotatable bonds is 4. The van der Waals surface area contributed by atoms with Crippen molar-refractivity contribution < 1.29 is 13.9 Å². The third-order valence-electron chi connectivity index (χ3n) is 5.01. The molecule has 2 aromatic heterocycles. The number of hydrogen-bond donors (Lipinski definition) is 1. The van der Waals surface area contributed by atoms with Crippen molar-refractivity contribution in [3.8, 4) is 5.88 Å². The Labute approximate surface area is 145 Å². The summed E-state index contributed by atoms with van der Waals surface area (Å²) < 4.78 is 12.9. The van der Waals surface area contributed by atoms with Gasteiger partial charge >= 0.3 is 0 Å². The van der Waals surface area contributed by atoms with Crippen LogP contribution in [0.15, 0.2) is 4.42 Å². The Morgan fingerprint density at radius 3 is 2.96 bits per heavy atom. The van der Waals surface area contributed by atoms with Crippen molar-refractivity contribution in [2.24, 2.45) is 5.92 Å². The topological polar surface area (TPSA) is 95.1 Å². The second kappa shape index (κ2) is 6.50. The molecule has 0 spiro atoms. The minimum atomic E-state index is -0.109. The quantitative estimate of drug-likeness (QED) is 0.908. The molecule has 1 saturated carbocycles. The molecule has 8 nitrogen and oxygen atoms in total. The maximum atomic E-state index is 12.6. The molecule has 0 unspecified atom stereocenters. The molecule has 1 amide bonds. The number of nitrogens with zero attached hydrogens (tertiary/aromatic N) is 4. The van der Waals surface area contributed by atoms with Crippen molar-refractivity contribution in [1.82, 2.24) is 25.3 Å². The van der Waals surface area contributed by atoms with Crippen LogP contribution in [0.1, 0.15) is 53.5 Å². The Hall–Kier alpha value is -2.38. The number of aromatic nitrogens is 4. The molecule has 25 heavy (non-hydrogen) atoms. The number of fused-ring (bicyclic) bond motifs is 1. The maximum absolute atomic E-state index is 12.6. The first-order chi connectivity index (χ1) is 12.1. The number of carbonyl (C=O) groups excluding carboxylic acids is 1. The summed E-state index contributed by atoms with van der Waals surface area (Å²) in [7, 11) is 0. The smallest absolute Gasteiger partial charge is 0.272 e. The summed E-state index contributed by atoms with van der Waals surface area (Å²) >= 11 is 0. The molecule has 0 aromatic carbocycles. The first-order valence-corrected chi connectivity index (χ1v) is 8.90. The number of amides is 1. The maximum Gasteiger partial charge on any atom is 0.272 e. The number of nitrogens with one attached hydrogen (secondary N) is 1. The highest BCUT2D eigenvalue weighted by Gasteiger charge is 2.30. The lowest BCUT2D eigenvalue weighted by Crippen LogP contribution is -2.33. The van der Waals surface area contributed by atoms with E-state index < -0.39 is 0 Å². The van der Waals surface area contributed by atoms with E-state index in [9.17, 15) is 4.79 Å². The number of ether oxygens (including phenoxy) is 1. The van der Waals surface area contributed by atoms with Gasteiger partial charge in [0, 0.05) is 37.9 Å². The molecule has 1 aliphatic heterocycles. The first kappa shape index (κ1) is 16.1. The van der Waals surface area contributed by atoms with Crippen LogP contribution in [0.25, 0.3) is 0 Å². The van der Waals surface area contributed by atoms with E-state index in [1.165, 1.54) is 0 Å². The number of aryl methyl sites for hydroxylation is 2. The van der Waals surface area contributed by atoms with E-state index in [1.54, 1.807) is 11.6 Å². The van der Waals surface area contributed by atoms with Crippen LogP contribution in [0.3, 0.4) is 0 Å². The summed E-state index contributed by atoms with van der Waals surface area (Å²) in [5.41, 5.74) is 1.31. The van der Waals surface area contributed by atoms with Gasteiger partial charge in [-0.3, -0.25) is 4.79 Å². The number of carbonyl (C=O) groups is 1. The molecular formula is C17H23N5O3. The summed E-state index contributed by atoms with van der Waals surface area (Å²) in [4.78, 5) is 12.6. The van der Waals surface area contributed by atoms with Crippen LogP contribution in [0.5, 0.6) is 5.88 Å². The van der Waals surface area contributed by atoms with Crippen molar-refractivity contribution in [2.45, 2.75) is 58.5 Å². The minimum absolute atomic E-state index is 0.109. The van der Waals surface area contributed by atoms with Crippen molar-refractivity contribution >= 4 is 5.91 Å². The predicted molar refractivity (Wildman–Crippen MR) is 88.4 cm³/mol. The molecule has 134 valence electrons. The minimum Gasteiger partial charge on any atom is -0.478 e. The zero-order valence-electron chi connectivity index (χ0n) is 14.6. The Morgan fingerprint density at radius 2 is 2.20 bits per heavy atom. The predicted octanol–water partition coefficient (Wildman–Crippen LogP) is 1.81. The van der Waals surface area contributed by atoms with Gasteiger partial charge in [-0.05, 0) is 32.1 Å². The van der Waals surface area contributed by atoms with Crippen molar-refractivity contribution in [3.63, 3.8) is 0 Å². The normalized spacial score (nSPS) is 22.5. The van der Waals surface area contributed by atoms with Gasteiger partial charge < -0.3 is 14.5 Å². The highest BCUT2D eigenvalue weighted by Crippen LogP contribution is 2.29. The highest BCUT2D eigenvalue weighted by molar-refractivity contribution is 5.94. The molecule has 0 saturated heterocycles. The number of hydrogen-bond acceptors (Lipinski definition) is 6. The standard InChI is InChI=1S/C17H23N5O3/c1-10-15(21-22-6-3-7-24-17(10)22)16(23)18-13-5-4-12(8-13)9-14-20-19-11(2)25-14/h12-13H,3-9H2,1-2H3,(H,18,23)/t12-,13+/m1/s1. The van der Waals surface area contributed by atoms with Gasteiger partial charge in [-0.25, -0.2) is 4.68 Å². The lowest BCUT2D eigenvalue weighted by molar-refractivity contribution is 0.0930. The summed E-state index contributed by atoms with van der Waals surface area (Å²) in [6, 6.07) is 0.167. The molecule has 2 atom stereocenters. The van der Waals surface area contributed by atoms with Gasteiger partial charge in [0.25, 0.3) is 5.91 Å². The summed E-state index contributed by atoms with van der Waals surface area (Å²) in [6.07, 6.45) is 4.64. The van der Waals surface area contributed by atoms with Crippen LogP contribution >= 0.6 is 0 Å². The fraction of sp³-hybridized carbons (Fsp3) is 0.647. The van der Waals surface area contributed by atoms with E-state index in [0.29, 0.717) is 30.0 Å². The zero-order chi connectivity index (χ0) is 17.4. The van der Waals surface area contributed by atoms with Gasteiger partial charge in [0.05, 0.1) is 6.61 Å². The van der Waals surface area contributed by atoms with Gasteiger partial charge in [0.15, 0.2) is 5.69 Å². The van der Waals surface area contributed by atoms with Gasteiger partial charge in [0.1, 0.15) is 0 Å². The molecule has 2 aromatic rings. The van der Waals surface area contributed by atoms with Crippen molar-refractivity contribution in [3.05, 3.63) is 23.0 Å². The van der Waals surface area contributed by atoms with Gasteiger partial charge in [-0.2, -0.15) is 5.10 Å². The molecular weight excluding hydrogens is 322 g/mol. The van der Waals surface area contributed by atoms with E-state index in [4.69, 9.17) is 9.15 Å². The fourth-order valence-corrected chi connectivity index (χ4v) is 3.78. The van der Waals surface area contributed by atoms with Crippen LogP contribution < -0.4 is 10.1 Å². The van der Waals surface area contributed by atoms with Crippen LogP contribution in [-0.2, 0) is 13.0 Å². The van der Waals surface area contributed by atoms with Gasteiger partial charge in [0.2, 0.25) is 17.7 Å². The van der Waals surface area contributed by atoms with E-state index in [0.717, 1.165) is 50.1 Å². The average Bonchev–Trinajstić information content (AvgIpc) is 3.29. The largest absolute Gasteiger partial charge is 0.478 e. The second-order valence-electron chi connectivity index (χ2n) is 6.97. The van der Waals surface area contributed by atoms with E-state index in [2.05, 4.69) is 20.6 Å². The third kappa shape index (κ3) is 3.25. The Morgan fingerprint density at radius 1 is 1.32 bits per heavy atom. The van der Waals surface area contributed by atoms with E-state index in [-0.39, 0.29) is 11.9 Å². The lowest BCUT2D eigenvalue weighted by Gasteiger charge is -2.14. The monoisotopic (exact) mass is 345 g/mol. The van der Waals surface area contributed by atoms with Crippen molar-refractivity contribution in [1.29, 1.82) is 0 Å². The Kier molecular flexibility index (Phi) is 4.19. The molecule has 3 heterocycles. The molecule has 4 rings (SSSR count). The molecule has 8 heteroatoms. The van der Waals surface area contributed by atoms with E-state index >= 15 is 0 Å². The molecule has 0 radical (unpaired) electrons. The summed E-state index contributed by atoms with van der Waals surface area (Å²) in [5.74, 6) is 2.36.